The molecule has 3 nitrogen and oxygen atoms in total. The Morgan fingerprint density at radius 3 is 1.25 bits per heavy atom. The predicted octanol–water partition coefficient (Wildman–Crippen LogP) is 2.45. The van der Waals surface area contributed by atoms with E-state index in [4.69, 9.17) is 0 Å². The van der Waals surface area contributed by atoms with Crippen molar-refractivity contribution < 1.29 is 19.7 Å². The molecule has 0 fully saturated rings. The van der Waals surface area contributed by atoms with Crippen LogP contribution in [0.25, 0.3) is 0 Å². The molecule has 0 heterocycles. The molecule has 0 aromatic rings. The number of hydrogen-bond acceptors (Lipinski definition) is 3. The molecule has 0 aliphatic rings. The third kappa shape index (κ3) is 7.30. The van der Waals surface area contributed by atoms with Gasteiger partial charge in [-0.3, -0.25) is 0 Å². The van der Waals surface area contributed by atoms with E-state index >= 15 is 0 Å². The van der Waals surface area contributed by atoms with Crippen LogP contribution in [-0.4, -0.2) is 0 Å². The molecule has 0 atom stereocenters. The predicted molar refractivity (Wildman–Crippen MR) is 25.9 cm³/mol. The molecule has 0 saturated carbocycles. The quantitative estimate of drug-likeness (QED) is 0.707. The molecule has 0 radical (unpaired) electrons. The van der Waals surface area contributed by atoms with Crippen molar-refractivity contribution in [2.24, 2.45) is 0 Å². The van der Waals surface area contributed by atoms with Crippen LogP contribution in [0.3, 0.4) is 0 Å². The fourth-order valence-electron chi connectivity index (χ4n) is 0. The van der Waals surface area contributed by atoms with Crippen LogP contribution in [0.2, 0.25) is 0 Å². The van der Waals surface area contributed by atoms with Gasteiger partial charge in [-0.15, -0.1) is 0 Å². The first kappa shape index (κ1) is 9.30. The molecule has 0 unspecified atom stereocenters. The van der Waals surface area contributed by atoms with E-state index in [1.807, 2.05) is 0 Å². The summed E-state index contributed by atoms with van der Waals surface area (Å²) in [5.41, 5.74) is 0. The van der Waals surface area contributed by atoms with Crippen molar-refractivity contribution in [2.75, 3.05) is 0 Å². The first-order valence-corrected chi connectivity index (χ1v) is 8.99. The summed E-state index contributed by atoms with van der Waals surface area (Å²) < 4.78 is 23.5. The van der Waals surface area contributed by atoms with Gasteiger partial charge in [0.25, 0.3) is 0 Å². The molecule has 0 aliphatic carbocycles. The maximum absolute atomic E-state index is 10.2. The maximum atomic E-state index is 10.2. The minimum atomic E-state index is -6.94. The van der Waals surface area contributed by atoms with E-state index in [1.165, 1.54) is 0 Å². The standard InChI is InChI=1S/ClO.3ClH.2O.V/c1-2;;;;;;/h;3*1H;;;/q-1;;;;;;+4/p-3. The van der Waals surface area contributed by atoms with Crippen LogP contribution >= 0.6 is 41.4 Å². The number of halogens is 4. The minimum absolute atomic E-state index is 3.15. The third-order valence-electron chi connectivity index (χ3n) is 0.135. The van der Waals surface area contributed by atoms with Crippen LogP contribution in [0.1, 0.15) is 0 Å². The van der Waals surface area contributed by atoms with Crippen molar-refractivity contribution in [1.29, 1.82) is 0 Å². The van der Waals surface area contributed by atoms with Crippen LogP contribution in [0.5, 0.6) is 0 Å². The normalized spacial score (nSPS) is 21.5. The molecule has 0 amide bonds. The average Bonchev–Trinajstić information content (AvgIpc) is 1.30. The van der Waals surface area contributed by atoms with Crippen molar-refractivity contribution in [3.05, 3.63) is 0 Å². The summed E-state index contributed by atoms with van der Waals surface area (Å²) in [4.78, 5) is 0. The Labute approximate surface area is 60.9 Å². The Bertz CT molecular complexity index is 222. The zero-order valence-corrected chi connectivity index (χ0v) is 7.60. The van der Waals surface area contributed by atoms with Gasteiger partial charge in [-0.05, 0) is 0 Å². The van der Waals surface area contributed by atoms with Gasteiger partial charge in [0.15, 0.2) is 0 Å². The van der Waals surface area contributed by atoms with Crippen LogP contribution in [-0.2, 0) is 19.7 Å². The van der Waals surface area contributed by atoms with Gasteiger partial charge in [-0.2, -0.15) is 0 Å². The fraction of sp³-hybridized carbons (Fsp3) is 0. The van der Waals surface area contributed by atoms with Crippen LogP contribution in [0, 0.1) is 0 Å². The Balaban J connectivity index is 5.18. The van der Waals surface area contributed by atoms with Gasteiger partial charge in [0.2, 0.25) is 0 Å². The van der Waals surface area contributed by atoms with Crippen LogP contribution < -0.4 is 0 Å². The van der Waals surface area contributed by atoms with Crippen LogP contribution in [0.15, 0.2) is 0 Å². The second-order valence-corrected chi connectivity index (χ2v) is 16.6. The zero-order valence-electron chi connectivity index (χ0n) is 3.18. The van der Waals surface area contributed by atoms with Crippen molar-refractivity contribution in [3.8, 4) is 0 Å². The molecule has 0 aromatic heterocycles. The molecule has 8 heteroatoms. The van der Waals surface area contributed by atoms with Gasteiger partial charge in [-0.25, -0.2) is 0 Å². The second-order valence-electron chi connectivity index (χ2n) is 1.11. The van der Waals surface area contributed by atoms with E-state index < -0.39 is 9.13 Å². The Hall–Kier alpha value is 1.30. The molecule has 0 rings (SSSR count). The van der Waals surface area contributed by atoms with Crippen molar-refractivity contribution in [2.45, 2.75) is 0 Å². The van der Waals surface area contributed by atoms with Crippen molar-refractivity contribution in [1.82, 2.24) is 0 Å². The third-order valence-corrected chi connectivity index (χ3v) is 3.60. The first-order chi connectivity index (χ1) is 3.04. The van der Waals surface area contributed by atoms with Crippen LogP contribution in [0.4, 0.5) is 0 Å². The van der Waals surface area contributed by atoms with E-state index in [0.29, 0.717) is 0 Å². The van der Waals surface area contributed by atoms with Crippen molar-refractivity contribution in [3.63, 3.8) is 0 Å². The molecule has 8 heavy (non-hydrogen) atoms. The van der Waals surface area contributed by atoms with E-state index in [0.717, 1.165) is 0 Å². The summed E-state index contributed by atoms with van der Waals surface area (Å²) >= 11 is 4.32. The molecule has 0 aromatic carbocycles. The first-order valence-electron chi connectivity index (χ1n) is 1.21. The molecular weight excluding hydrogens is 241 g/mol. The summed E-state index contributed by atoms with van der Waals surface area (Å²) in [6.45, 7) is 0. The molecule has 0 aliphatic heterocycles. The monoisotopic (exact) mass is 239 g/mol. The summed E-state index contributed by atoms with van der Waals surface area (Å²) in [7, 11) is 6.48. The van der Waals surface area contributed by atoms with Gasteiger partial charge >= 0.3 is 61.1 Å². The second kappa shape index (κ2) is 1.48. The van der Waals surface area contributed by atoms with E-state index in [2.05, 4.69) is 44.6 Å². The van der Waals surface area contributed by atoms with Gasteiger partial charge in [0, 0.05) is 0 Å². The summed E-state index contributed by atoms with van der Waals surface area (Å²) in [5.74, 6) is 0. The van der Waals surface area contributed by atoms with Gasteiger partial charge < -0.3 is 0 Å². The van der Waals surface area contributed by atoms with E-state index in [1.54, 1.807) is 0 Å². The molecule has 0 spiro atoms. The van der Waals surface area contributed by atoms with E-state index in [-0.39, 0.29) is 0 Å². The Morgan fingerprint density at radius 2 is 1.25 bits per heavy atom. The van der Waals surface area contributed by atoms with Crippen molar-refractivity contribution >= 4 is 41.4 Å². The molecular formula is Cl4O3V. The molecule has 0 saturated heterocycles. The topological polar surface area (TPSA) is 43.4 Å². The number of hydrogen-bond donors (Lipinski definition) is 0. The fourth-order valence-corrected chi connectivity index (χ4v) is 0. The Morgan fingerprint density at radius 1 is 1.12 bits per heavy atom. The summed E-state index contributed by atoms with van der Waals surface area (Å²) in [6.07, 6.45) is 0. The van der Waals surface area contributed by atoms with Gasteiger partial charge in [-0.1, -0.05) is 0 Å². The average molecular weight is 241 g/mol. The SMILES string of the molecule is [O]=[V](=[O])([Cl])([Cl])([Cl])[O]Cl. The zero-order chi connectivity index (χ0) is 7.12. The van der Waals surface area contributed by atoms with E-state index in [9.17, 15) is 7.35 Å². The van der Waals surface area contributed by atoms with Gasteiger partial charge in [0.1, 0.15) is 0 Å². The number of rotatable bonds is 1. The summed E-state index contributed by atoms with van der Waals surface area (Å²) in [6, 6.07) is 0. The van der Waals surface area contributed by atoms with Gasteiger partial charge in [0.05, 0.1) is 0 Å². The Kier molecular flexibility index (Phi) is 1.72. The molecule has 0 bridgehead atoms. The summed E-state index contributed by atoms with van der Waals surface area (Å²) in [5, 5.41) is 0. The molecule has 51 valence electrons. The molecule has 0 N–H and O–H groups in total.